The fourth-order valence-electron chi connectivity index (χ4n) is 3.24. The summed E-state index contributed by atoms with van der Waals surface area (Å²) in [4.78, 5) is 6.47. The number of halogens is 1. The summed E-state index contributed by atoms with van der Waals surface area (Å²) in [6.45, 7) is 1.43. The zero-order valence-corrected chi connectivity index (χ0v) is 19.3. The maximum atomic E-state index is 4.46. The second kappa shape index (κ2) is 10.2. The zero-order chi connectivity index (χ0) is 20.1. The number of aliphatic imine (C=N–C) groups is 1. The van der Waals surface area contributed by atoms with Crippen LogP contribution in [0.3, 0.4) is 0 Å². The quantitative estimate of drug-likeness (QED) is 0.243. The first-order chi connectivity index (χ1) is 14.2. The molecule has 0 saturated heterocycles. The summed E-state index contributed by atoms with van der Waals surface area (Å²) in [7, 11) is 3.81. The SMILES string of the molecule is CN=C(NCCc1nnc2ccccn12)N(C)Cc1cnn(-c2ccccc2)c1.I. The van der Waals surface area contributed by atoms with E-state index in [1.54, 1.807) is 7.05 Å². The van der Waals surface area contributed by atoms with Crippen molar-refractivity contribution in [2.75, 3.05) is 20.6 Å². The van der Waals surface area contributed by atoms with Crippen LogP contribution in [0.25, 0.3) is 11.3 Å². The van der Waals surface area contributed by atoms with Crippen LogP contribution < -0.4 is 5.32 Å². The molecule has 0 atom stereocenters. The summed E-state index contributed by atoms with van der Waals surface area (Å²) in [6.07, 6.45) is 6.67. The molecular formula is C21H25IN8. The normalized spacial score (nSPS) is 11.3. The lowest BCUT2D eigenvalue weighted by molar-refractivity contribution is 0.476. The highest BCUT2D eigenvalue weighted by atomic mass is 127. The maximum absolute atomic E-state index is 4.46. The number of nitrogens with zero attached hydrogens (tertiary/aromatic N) is 7. The molecule has 3 heterocycles. The van der Waals surface area contributed by atoms with Crippen LogP contribution in [0, 0.1) is 0 Å². The van der Waals surface area contributed by atoms with Crippen molar-refractivity contribution in [1.29, 1.82) is 0 Å². The molecule has 8 nitrogen and oxygen atoms in total. The summed E-state index contributed by atoms with van der Waals surface area (Å²) < 4.78 is 3.89. The van der Waals surface area contributed by atoms with Gasteiger partial charge in [0.1, 0.15) is 5.82 Å². The molecule has 1 aromatic carbocycles. The second-order valence-electron chi connectivity index (χ2n) is 6.75. The van der Waals surface area contributed by atoms with Gasteiger partial charge in [0.2, 0.25) is 0 Å². The molecule has 156 valence electrons. The van der Waals surface area contributed by atoms with Crippen molar-refractivity contribution in [3.63, 3.8) is 0 Å². The Bertz CT molecular complexity index is 1100. The van der Waals surface area contributed by atoms with Gasteiger partial charge >= 0.3 is 0 Å². The molecule has 3 aromatic heterocycles. The van der Waals surface area contributed by atoms with E-state index in [0.717, 1.165) is 41.6 Å². The van der Waals surface area contributed by atoms with E-state index in [0.29, 0.717) is 6.54 Å². The molecule has 4 rings (SSSR count). The fraction of sp³-hybridized carbons (Fsp3) is 0.238. The Kier molecular flexibility index (Phi) is 7.39. The van der Waals surface area contributed by atoms with Crippen LogP contribution in [0.5, 0.6) is 0 Å². The van der Waals surface area contributed by atoms with Crippen molar-refractivity contribution in [3.05, 3.63) is 78.5 Å². The largest absolute Gasteiger partial charge is 0.356 e. The van der Waals surface area contributed by atoms with Crippen molar-refractivity contribution >= 4 is 35.6 Å². The molecule has 4 aromatic rings. The average Bonchev–Trinajstić information content (AvgIpc) is 3.39. The van der Waals surface area contributed by atoms with E-state index in [4.69, 9.17) is 0 Å². The molecule has 0 aliphatic rings. The Morgan fingerprint density at radius 2 is 1.90 bits per heavy atom. The van der Waals surface area contributed by atoms with Gasteiger partial charge in [-0.15, -0.1) is 34.2 Å². The summed E-state index contributed by atoms with van der Waals surface area (Å²) in [5.41, 5.74) is 3.02. The molecule has 0 aliphatic heterocycles. The van der Waals surface area contributed by atoms with E-state index in [2.05, 4.69) is 30.5 Å². The average molecular weight is 516 g/mol. The third-order valence-corrected chi connectivity index (χ3v) is 4.67. The van der Waals surface area contributed by atoms with Gasteiger partial charge in [0.25, 0.3) is 0 Å². The number of fused-ring (bicyclic) bond motifs is 1. The van der Waals surface area contributed by atoms with E-state index in [-0.39, 0.29) is 24.0 Å². The van der Waals surface area contributed by atoms with Gasteiger partial charge in [0.05, 0.1) is 11.9 Å². The monoisotopic (exact) mass is 516 g/mol. The van der Waals surface area contributed by atoms with Crippen molar-refractivity contribution < 1.29 is 0 Å². The number of aromatic nitrogens is 5. The van der Waals surface area contributed by atoms with E-state index in [1.165, 1.54) is 0 Å². The Labute approximate surface area is 192 Å². The van der Waals surface area contributed by atoms with Crippen LogP contribution in [0.15, 0.2) is 72.1 Å². The number of para-hydroxylation sites is 1. The summed E-state index contributed by atoms with van der Waals surface area (Å²) in [6, 6.07) is 16.0. The molecule has 0 unspecified atom stereocenters. The van der Waals surface area contributed by atoms with Crippen LogP contribution in [-0.4, -0.2) is 55.9 Å². The molecule has 0 bridgehead atoms. The minimum atomic E-state index is 0. The van der Waals surface area contributed by atoms with Gasteiger partial charge < -0.3 is 10.2 Å². The van der Waals surface area contributed by atoms with Gasteiger partial charge in [-0.3, -0.25) is 9.39 Å². The summed E-state index contributed by atoms with van der Waals surface area (Å²) in [5.74, 6) is 1.75. The number of pyridine rings is 1. The molecule has 0 aliphatic carbocycles. The number of hydrogen-bond donors (Lipinski definition) is 1. The predicted octanol–water partition coefficient (Wildman–Crippen LogP) is 2.78. The lowest BCUT2D eigenvalue weighted by atomic mass is 10.3. The molecule has 9 heteroatoms. The first-order valence-corrected chi connectivity index (χ1v) is 9.54. The molecule has 0 amide bonds. The van der Waals surface area contributed by atoms with E-state index >= 15 is 0 Å². The molecule has 1 N–H and O–H groups in total. The van der Waals surface area contributed by atoms with Crippen molar-refractivity contribution in [3.8, 4) is 5.69 Å². The number of rotatable bonds is 6. The Hall–Kier alpha value is -2.95. The Balaban J connectivity index is 0.00000256. The molecule has 0 fully saturated rings. The van der Waals surface area contributed by atoms with Crippen LogP contribution in [-0.2, 0) is 13.0 Å². The Morgan fingerprint density at radius 1 is 1.10 bits per heavy atom. The zero-order valence-electron chi connectivity index (χ0n) is 17.0. The van der Waals surface area contributed by atoms with E-state index < -0.39 is 0 Å². The highest BCUT2D eigenvalue weighted by Crippen LogP contribution is 2.09. The number of benzene rings is 1. The van der Waals surface area contributed by atoms with Crippen LogP contribution in [0.2, 0.25) is 0 Å². The number of guanidine groups is 1. The molecule has 0 radical (unpaired) electrons. The van der Waals surface area contributed by atoms with Gasteiger partial charge in [0.15, 0.2) is 11.6 Å². The topological polar surface area (TPSA) is 75.6 Å². The molecule has 0 saturated carbocycles. The second-order valence-corrected chi connectivity index (χ2v) is 6.75. The summed E-state index contributed by atoms with van der Waals surface area (Å²) in [5, 5.41) is 16.3. The Morgan fingerprint density at radius 3 is 2.70 bits per heavy atom. The third-order valence-electron chi connectivity index (χ3n) is 4.67. The number of hydrogen-bond acceptors (Lipinski definition) is 4. The first kappa shape index (κ1) is 21.8. The minimum absolute atomic E-state index is 0. The van der Waals surface area contributed by atoms with E-state index in [9.17, 15) is 0 Å². The highest BCUT2D eigenvalue weighted by Gasteiger charge is 2.10. The molecule has 0 spiro atoms. The van der Waals surface area contributed by atoms with Gasteiger partial charge in [-0.25, -0.2) is 4.68 Å². The smallest absolute Gasteiger partial charge is 0.193 e. The van der Waals surface area contributed by atoms with E-state index in [1.807, 2.05) is 83.3 Å². The van der Waals surface area contributed by atoms with Gasteiger partial charge in [0, 0.05) is 51.6 Å². The van der Waals surface area contributed by atoms with Crippen molar-refractivity contribution in [2.24, 2.45) is 4.99 Å². The first-order valence-electron chi connectivity index (χ1n) is 9.54. The highest BCUT2D eigenvalue weighted by molar-refractivity contribution is 14.0. The predicted molar refractivity (Wildman–Crippen MR) is 128 cm³/mol. The fourth-order valence-corrected chi connectivity index (χ4v) is 3.24. The maximum Gasteiger partial charge on any atom is 0.193 e. The van der Waals surface area contributed by atoms with Crippen LogP contribution >= 0.6 is 24.0 Å². The summed E-state index contributed by atoms with van der Waals surface area (Å²) >= 11 is 0. The van der Waals surface area contributed by atoms with Gasteiger partial charge in [-0.1, -0.05) is 24.3 Å². The van der Waals surface area contributed by atoms with Crippen molar-refractivity contribution in [1.82, 2.24) is 34.6 Å². The lowest BCUT2D eigenvalue weighted by Gasteiger charge is -2.21. The number of nitrogens with one attached hydrogen (secondary N) is 1. The van der Waals surface area contributed by atoms with Gasteiger partial charge in [-0.2, -0.15) is 5.10 Å². The lowest BCUT2D eigenvalue weighted by Crippen LogP contribution is -2.39. The van der Waals surface area contributed by atoms with Crippen LogP contribution in [0.1, 0.15) is 11.4 Å². The molecule has 30 heavy (non-hydrogen) atoms. The van der Waals surface area contributed by atoms with Gasteiger partial charge in [-0.05, 0) is 24.3 Å². The minimum Gasteiger partial charge on any atom is -0.356 e. The third kappa shape index (κ3) is 4.96. The standard InChI is InChI=1S/C21H24N8.HI/c1-22-21(23-12-11-20-26-25-19-10-6-7-13-28(19)20)27(2)15-17-14-24-29(16-17)18-8-4-3-5-9-18;/h3-10,13-14,16H,11-12,15H2,1-2H3,(H,22,23);1H. The molecular weight excluding hydrogens is 491 g/mol. The van der Waals surface area contributed by atoms with Crippen molar-refractivity contribution in [2.45, 2.75) is 13.0 Å². The van der Waals surface area contributed by atoms with Crippen LogP contribution in [0.4, 0.5) is 0 Å².